The fraction of sp³-hybridized carbons (Fsp3) is 0.733. The Morgan fingerprint density at radius 3 is 2.90 bits per heavy atom. The topological polar surface area (TPSA) is 44.9 Å². The van der Waals surface area contributed by atoms with Crippen molar-refractivity contribution < 1.29 is 4.74 Å². The molecular weight excluding hydrogens is 288 g/mol. The molecule has 1 aliphatic heterocycles. The number of nitrogens with zero attached hydrogens (tertiary/aromatic N) is 4. The molecule has 6 heteroatoms. The summed E-state index contributed by atoms with van der Waals surface area (Å²) in [6, 6.07) is 0. The highest BCUT2D eigenvalue weighted by atomic mass is 35.5. The summed E-state index contributed by atoms with van der Waals surface area (Å²) in [6.45, 7) is 3.90. The quantitative estimate of drug-likeness (QED) is 0.771. The van der Waals surface area contributed by atoms with Gasteiger partial charge in [-0.1, -0.05) is 13.3 Å². The lowest BCUT2D eigenvalue weighted by Crippen LogP contribution is -2.18. The number of aromatic nitrogens is 4. The smallest absolute Gasteiger partial charge is 0.158 e. The van der Waals surface area contributed by atoms with Crippen LogP contribution in [0.15, 0.2) is 0 Å². The van der Waals surface area contributed by atoms with Gasteiger partial charge < -0.3 is 9.30 Å². The number of halogens is 1. The third kappa shape index (κ3) is 2.81. The summed E-state index contributed by atoms with van der Waals surface area (Å²) in [7, 11) is 2.00. The molecule has 3 heterocycles. The molecule has 0 spiro atoms. The molecule has 0 radical (unpaired) electrons. The van der Waals surface area contributed by atoms with E-state index in [1.807, 2.05) is 11.7 Å². The molecule has 0 saturated carbocycles. The van der Waals surface area contributed by atoms with Crippen molar-refractivity contribution in [2.75, 3.05) is 12.5 Å². The Balaban J connectivity index is 2.02. The maximum absolute atomic E-state index is 5.95. The van der Waals surface area contributed by atoms with Crippen LogP contribution in [0.2, 0.25) is 0 Å². The Bertz CT molecular complexity index is 613. The van der Waals surface area contributed by atoms with Crippen LogP contribution in [0.4, 0.5) is 0 Å². The molecule has 0 N–H and O–H groups in total. The van der Waals surface area contributed by atoms with Crippen LogP contribution in [0.1, 0.15) is 37.7 Å². The van der Waals surface area contributed by atoms with Crippen molar-refractivity contribution in [3.8, 4) is 0 Å². The summed E-state index contributed by atoms with van der Waals surface area (Å²) in [5, 5.41) is 4.64. The van der Waals surface area contributed by atoms with E-state index in [2.05, 4.69) is 16.6 Å². The molecule has 0 bridgehead atoms. The van der Waals surface area contributed by atoms with Crippen molar-refractivity contribution in [1.29, 1.82) is 0 Å². The number of ether oxygens (including phenoxy) is 1. The second-order valence-electron chi connectivity index (χ2n) is 5.71. The molecule has 1 saturated heterocycles. The lowest BCUT2D eigenvalue weighted by atomic mass is 10.2. The highest BCUT2D eigenvalue weighted by molar-refractivity contribution is 6.17. The summed E-state index contributed by atoms with van der Waals surface area (Å²) >= 11 is 5.95. The van der Waals surface area contributed by atoms with Crippen molar-refractivity contribution in [3.63, 3.8) is 0 Å². The number of alkyl halides is 1. The fourth-order valence-corrected chi connectivity index (χ4v) is 3.32. The molecule has 116 valence electrons. The Morgan fingerprint density at radius 2 is 2.24 bits per heavy atom. The van der Waals surface area contributed by atoms with Crippen molar-refractivity contribution in [2.45, 2.75) is 51.7 Å². The molecule has 3 rings (SSSR count). The number of rotatable bonds is 6. The van der Waals surface area contributed by atoms with E-state index in [0.29, 0.717) is 12.0 Å². The SMILES string of the molecule is CCCc1nn(C)c2c1nc(CCCl)n2CC1CCCO1. The fourth-order valence-electron chi connectivity index (χ4n) is 3.15. The summed E-state index contributed by atoms with van der Waals surface area (Å²) in [5.41, 5.74) is 3.24. The van der Waals surface area contributed by atoms with E-state index in [-0.39, 0.29) is 0 Å². The summed E-state index contributed by atoms with van der Waals surface area (Å²) in [6.07, 6.45) is 5.40. The molecular formula is C15H23ClN4O. The van der Waals surface area contributed by atoms with Crippen LogP contribution in [0.3, 0.4) is 0 Å². The maximum atomic E-state index is 5.95. The predicted molar refractivity (Wildman–Crippen MR) is 83.9 cm³/mol. The molecule has 21 heavy (non-hydrogen) atoms. The second-order valence-corrected chi connectivity index (χ2v) is 6.08. The van der Waals surface area contributed by atoms with E-state index >= 15 is 0 Å². The number of aryl methyl sites for hydroxylation is 3. The van der Waals surface area contributed by atoms with Gasteiger partial charge in [0.15, 0.2) is 5.65 Å². The zero-order valence-electron chi connectivity index (χ0n) is 12.8. The van der Waals surface area contributed by atoms with Crippen LogP contribution >= 0.6 is 11.6 Å². The highest BCUT2D eigenvalue weighted by Crippen LogP contribution is 2.24. The normalized spacial score (nSPS) is 18.9. The third-order valence-electron chi connectivity index (χ3n) is 4.09. The van der Waals surface area contributed by atoms with E-state index < -0.39 is 0 Å². The lowest BCUT2D eigenvalue weighted by molar-refractivity contribution is 0.0970. The van der Waals surface area contributed by atoms with Gasteiger partial charge in [0.05, 0.1) is 18.3 Å². The van der Waals surface area contributed by atoms with Crippen molar-refractivity contribution >= 4 is 22.8 Å². The van der Waals surface area contributed by atoms with Gasteiger partial charge in [0.25, 0.3) is 0 Å². The van der Waals surface area contributed by atoms with Gasteiger partial charge in [-0.05, 0) is 19.3 Å². The standard InChI is InChI=1S/C15H23ClN4O/c1-3-5-12-14-15(19(2)18-12)20(13(17-14)7-8-16)10-11-6-4-9-21-11/h11H,3-10H2,1-2H3. The van der Waals surface area contributed by atoms with Gasteiger partial charge in [0, 0.05) is 26.0 Å². The van der Waals surface area contributed by atoms with Crippen LogP contribution < -0.4 is 0 Å². The number of fused-ring (bicyclic) bond motifs is 1. The van der Waals surface area contributed by atoms with E-state index in [1.54, 1.807) is 0 Å². The first-order valence-corrected chi connectivity index (χ1v) is 8.36. The maximum Gasteiger partial charge on any atom is 0.158 e. The van der Waals surface area contributed by atoms with E-state index in [4.69, 9.17) is 21.3 Å². The molecule has 1 aliphatic rings. The van der Waals surface area contributed by atoms with Crippen LogP contribution in [0.25, 0.3) is 11.2 Å². The molecule has 2 aromatic rings. The van der Waals surface area contributed by atoms with Crippen molar-refractivity contribution in [2.24, 2.45) is 7.05 Å². The minimum absolute atomic E-state index is 0.293. The van der Waals surface area contributed by atoms with Gasteiger partial charge in [0.1, 0.15) is 11.3 Å². The van der Waals surface area contributed by atoms with Crippen LogP contribution in [-0.2, 0) is 31.2 Å². The molecule has 1 unspecified atom stereocenters. The van der Waals surface area contributed by atoms with E-state index in [9.17, 15) is 0 Å². The van der Waals surface area contributed by atoms with Gasteiger partial charge in [0.2, 0.25) is 0 Å². The Labute approximate surface area is 130 Å². The molecule has 1 atom stereocenters. The zero-order chi connectivity index (χ0) is 14.8. The average Bonchev–Trinajstić information content (AvgIpc) is 3.13. The number of hydrogen-bond donors (Lipinski definition) is 0. The summed E-state index contributed by atoms with van der Waals surface area (Å²) < 4.78 is 10.0. The van der Waals surface area contributed by atoms with Gasteiger partial charge in [-0.2, -0.15) is 5.10 Å². The first-order valence-electron chi connectivity index (χ1n) is 7.83. The lowest BCUT2D eigenvalue weighted by Gasteiger charge is -2.13. The zero-order valence-corrected chi connectivity index (χ0v) is 13.6. The second kappa shape index (κ2) is 6.36. The third-order valence-corrected chi connectivity index (χ3v) is 4.27. The molecule has 5 nitrogen and oxygen atoms in total. The predicted octanol–water partition coefficient (Wildman–Crippen LogP) is 2.68. The van der Waals surface area contributed by atoms with E-state index in [1.165, 1.54) is 0 Å². The molecule has 0 aromatic carbocycles. The van der Waals surface area contributed by atoms with Gasteiger partial charge in [-0.3, -0.25) is 4.68 Å². The number of hydrogen-bond acceptors (Lipinski definition) is 3. The van der Waals surface area contributed by atoms with Gasteiger partial charge in [-0.15, -0.1) is 11.6 Å². The average molecular weight is 311 g/mol. The first kappa shape index (κ1) is 14.9. The Kier molecular flexibility index (Phi) is 4.50. The molecule has 1 fully saturated rings. The first-order chi connectivity index (χ1) is 10.2. The monoisotopic (exact) mass is 310 g/mol. The van der Waals surface area contributed by atoms with Crippen LogP contribution in [-0.4, -0.2) is 37.9 Å². The Morgan fingerprint density at radius 1 is 1.38 bits per heavy atom. The van der Waals surface area contributed by atoms with Crippen LogP contribution in [0, 0.1) is 0 Å². The van der Waals surface area contributed by atoms with E-state index in [0.717, 1.165) is 67.9 Å². The van der Waals surface area contributed by atoms with Gasteiger partial charge in [-0.25, -0.2) is 4.98 Å². The Hall–Kier alpha value is -1.07. The molecule has 0 aliphatic carbocycles. The van der Waals surface area contributed by atoms with Gasteiger partial charge >= 0.3 is 0 Å². The molecule has 2 aromatic heterocycles. The largest absolute Gasteiger partial charge is 0.376 e. The number of imidazole rings is 1. The van der Waals surface area contributed by atoms with Crippen molar-refractivity contribution in [3.05, 3.63) is 11.5 Å². The summed E-state index contributed by atoms with van der Waals surface area (Å²) in [4.78, 5) is 4.82. The summed E-state index contributed by atoms with van der Waals surface area (Å²) in [5.74, 6) is 1.65. The van der Waals surface area contributed by atoms with Crippen LogP contribution in [0.5, 0.6) is 0 Å². The minimum atomic E-state index is 0.293. The highest BCUT2D eigenvalue weighted by Gasteiger charge is 2.23. The molecule has 0 amide bonds. The minimum Gasteiger partial charge on any atom is -0.376 e. The van der Waals surface area contributed by atoms with Crippen molar-refractivity contribution in [1.82, 2.24) is 19.3 Å².